The van der Waals surface area contributed by atoms with E-state index < -0.39 is 0 Å². The van der Waals surface area contributed by atoms with Crippen molar-refractivity contribution in [1.29, 1.82) is 0 Å². The molecule has 1 aromatic carbocycles. The topological polar surface area (TPSA) is 21.3 Å². The molecule has 19 heavy (non-hydrogen) atoms. The molecule has 0 amide bonds. The zero-order chi connectivity index (χ0) is 13.3. The highest BCUT2D eigenvalue weighted by Crippen LogP contribution is 2.36. The van der Waals surface area contributed by atoms with E-state index in [-0.39, 0.29) is 0 Å². The van der Waals surface area contributed by atoms with Crippen LogP contribution in [0.5, 0.6) is 0 Å². The molecule has 0 aromatic heterocycles. The van der Waals surface area contributed by atoms with Crippen molar-refractivity contribution >= 4 is 0 Å². The normalized spacial score (nSPS) is 22.2. The fourth-order valence-electron chi connectivity index (χ4n) is 2.61. The lowest BCUT2D eigenvalue weighted by Crippen LogP contribution is -2.40. The Morgan fingerprint density at radius 1 is 1.11 bits per heavy atom. The maximum absolute atomic E-state index is 5.56. The van der Waals surface area contributed by atoms with Crippen LogP contribution in [0, 0.1) is 0 Å². The molecule has 0 unspecified atom stereocenters. The predicted molar refractivity (Wildman–Crippen MR) is 80.6 cm³/mol. The zero-order valence-electron chi connectivity index (χ0n) is 12.1. The van der Waals surface area contributed by atoms with E-state index in [2.05, 4.69) is 42.6 Å². The van der Waals surface area contributed by atoms with Crippen molar-refractivity contribution in [2.24, 2.45) is 0 Å². The second kappa shape index (κ2) is 8.34. The van der Waals surface area contributed by atoms with Crippen molar-refractivity contribution in [3.8, 4) is 0 Å². The van der Waals surface area contributed by atoms with E-state index >= 15 is 0 Å². The van der Waals surface area contributed by atoms with Gasteiger partial charge in [0.2, 0.25) is 0 Å². The Labute approximate surface area is 117 Å². The highest BCUT2D eigenvalue weighted by atomic mass is 16.5. The molecule has 0 atom stereocenters. The van der Waals surface area contributed by atoms with Crippen LogP contribution >= 0.6 is 0 Å². The first-order valence-electron chi connectivity index (χ1n) is 7.76. The third-order valence-corrected chi connectivity index (χ3v) is 3.95. The van der Waals surface area contributed by atoms with E-state index in [4.69, 9.17) is 4.74 Å². The van der Waals surface area contributed by atoms with Gasteiger partial charge in [0.1, 0.15) is 0 Å². The Bertz CT molecular complexity index is 332. The quantitative estimate of drug-likeness (QED) is 0.684. The second-order valence-electron chi connectivity index (χ2n) is 5.55. The smallest absolute Gasteiger partial charge is 0.0478 e. The summed E-state index contributed by atoms with van der Waals surface area (Å²) in [7, 11) is 0. The van der Waals surface area contributed by atoms with Gasteiger partial charge in [-0.05, 0) is 43.7 Å². The standard InChI is InChI=1S/C17H27NO/c1-2-3-11-19-12-7-10-18-17-13-16(14-17)15-8-5-4-6-9-15/h4-6,8-9,16-18H,2-3,7,10-14H2,1H3. The molecule has 2 nitrogen and oxygen atoms in total. The lowest BCUT2D eigenvalue weighted by Gasteiger charge is -2.36. The Hall–Kier alpha value is -0.860. The average molecular weight is 261 g/mol. The molecule has 2 rings (SSSR count). The minimum Gasteiger partial charge on any atom is -0.381 e. The van der Waals surface area contributed by atoms with E-state index in [1.54, 1.807) is 0 Å². The van der Waals surface area contributed by atoms with Gasteiger partial charge >= 0.3 is 0 Å². The maximum atomic E-state index is 5.56. The minimum absolute atomic E-state index is 0.723. The van der Waals surface area contributed by atoms with Crippen molar-refractivity contribution in [1.82, 2.24) is 5.32 Å². The van der Waals surface area contributed by atoms with Crippen LogP contribution in [0.25, 0.3) is 0 Å². The minimum atomic E-state index is 0.723. The Morgan fingerprint density at radius 3 is 2.58 bits per heavy atom. The van der Waals surface area contributed by atoms with Gasteiger partial charge in [-0.25, -0.2) is 0 Å². The van der Waals surface area contributed by atoms with E-state index in [1.807, 2.05) is 0 Å². The van der Waals surface area contributed by atoms with E-state index in [9.17, 15) is 0 Å². The highest BCUT2D eigenvalue weighted by Gasteiger charge is 2.29. The molecule has 1 aromatic rings. The largest absolute Gasteiger partial charge is 0.381 e. The second-order valence-corrected chi connectivity index (χ2v) is 5.55. The lowest BCUT2D eigenvalue weighted by molar-refractivity contribution is 0.127. The number of nitrogens with one attached hydrogen (secondary N) is 1. The number of hydrogen-bond acceptors (Lipinski definition) is 2. The Balaban J connectivity index is 1.47. The monoisotopic (exact) mass is 261 g/mol. The van der Waals surface area contributed by atoms with E-state index in [1.165, 1.54) is 31.2 Å². The van der Waals surface area contributed by atoms with Crippen molar-refractivity contribution in [3.05, 3.63) is 35.9 Å². The van der Waals surface area contributed by atoms with Gasteiger partial charge in [-0.15, -0.1) is 0 Å². The summed E-state index contributed by atoms with van der Waals surface area (Å²) in [5.41, 5.74) is 1.50. The van der Waals surface area contributed by atoms with E-state index in [0.29, 0.717) is 0 Å². The number of rotatable bonds is 9. The maximum Gasteiger partial charge on any atom is 0.0478 e. The fraction of sp³-hybridized carbons (Fsp3) is 0.647. The van der Waals surface area contributed by atoms with Crippen molar-refractivity contribution in [3.63, 3.8) is 0 Å². The van der Waals surface area contributed by atoms with Gasteiger partial charge in [0.25, 0.3) is 0 Å². The van der Waals surface area contributed by atoms with Crippen molar-refractivity contribution in [2.75, 3.05) is 19.8 Å². The molecule has 0 bridgehead atoms. The van der Waals surface area contributed by atoms with Crippen LogP contribution in [0.3, 0.4) is 0 Å². The summed E-state index contributed by atoms with van der Waals surface area (Å²) in [6, 6.07) is 11.6. The molecular formula is C17H27NO. The molecular weight excluding hydrogens is 234 g/mol. The molecule has 0 radical (unpaired) electrons. The molecule has 1 fully saturated rings. The molecule has 1 N–H and O–H groups in total. The summed E-state index contributed by atoms with van der Waals surface area (Å²) in [6.45, 7) is 5.13. The van der Waals surface area contributed by atoms with Crippen LogP contribution < -0.4 is 5.32 Å². The number of unbranched alkanes of at least 4 members (excludes halogenated alkanes) is 1. The molecule has 0 spiro atoms. The molecule has 1 saturated carbocycles. The lowest BCUT2D eigenvalue weighted by atomic mass is 9.76. The van der Waals surface area contributed by atoms with Crippen molar-refractivity contribution in [2.45, 2.75) is 51.0 Å². The van der Waals surface area contributed by atoms with Crippen LogP contribution in [-0.2, 0) is 4.74 Å². The van der Waals surface area contributed by atoms with Gasteiger partial charge in [-0.3, -0.25) is 0 Å². The van der Waals surface area contributed by atoms with Crippen LogP contribution in [0.15, 0.2) is 30.3 Å². The first kappa shape index (κ1) is 14.5. The third kappa shape index (κ3) is 4.96. The first-order valence-corrected chi connectivity index (χ1v) is 7.76. The Morgan fingerprint density at radius 2 is 1.84 bits per heavy atom. The molecule has 2 heteroatoms. The van der Waals surface area contributed by atoms with Gasteiger partial charge in [-0.2, -0.15) is 0 Å². The number of benzene rings is 1. The van der Waals surface area contributed by atoms with Gasteiger partial charge in [0.15, 0.2) is 0 Å². The molecule has 106 valence electrons. The summed E-state index contributed by atoms with van der Waals surface area (Å²) in [5.74, 6) is 0.777. The highest BCUT2D eigenvalue weighted by molar-refractivity contribution is 5.22. The molecule has 0 aliphatic heterocycles. The van der Waals surface area contributed by atoms with Gasteiger partial charge < -0.3 is 10.1 Å². The molecule has 0 saturated heterocycles. The van der Waals surface area contributed by atoms with Gasteiger partial charge in [0.05, 0.1) is 0 Å². The van der Waals surface area contributed by atoms with Crippen LogP contribution in [-0.4, -0.2) is 25.8 Å². The predicted octanol–water partition coefficient (Wildman–Crippen LogP) is 3.73. The summed E-state index contributed by atoms with van der Waals surface area (Å²) >= 11 is 0. The number of hydrogen-bond donors (Lipinski definition) is 1. The third-order valence-electron chi connectivity index (χ3n) is 3.95. The van der Waals surface area contributed by atoms with Crippen molar-refractivity contribution < 1.29 is 4.74 Å². The summed E-state index contributed by atoms with van der Waals surface area (Å²) in [5, 5.41) is 3.63. The zero-order valence-corrected chi connectivity index (χ0v) is 12.1. The summed E-state index contributed by atoms with van der Waals surface area (Å²) in [6.07, 6.45) is 6.13. The Kier molecular flexibility index (Phi) is 6.38. The fourth-order valence-corrected chi connectivity index (χ4v) is 2.61. The van der Waals surface area contributed by atoms with Crippen LogP contribution in [0.4, 0.5) is 0 Å². The summed E-state index contributed by atoms with van der Waals surface area (Å²) in [4.78, 5) is 0. The molecule has 1 aliphatic rings. The van der Waals surface area contributed by atoms with E-state index in [0.717, 1.165) is 38.1 Å². The van der Waals surface area contributed by atoms with Crippen LogP contribution in [0.1, 0.15) is 50.5 Å². The first-order chi connectivity index (χ1) is 9.40. The number of ether oxygens (including phenoxy) is 1. The average Bonchev–Trinajstić information content (AvgIpc) is 2.40. The molecule has 1 aliphatic carbocycles. The SMILES string of the molecule is CCCCOCCCNC1CC(c2ccccc2)C1. The summed E-state index contributed by atoms with van der Waals surface area (Å²) < 4.78 is 5.56. The van der Waals surface area contributed by atoms with Crippen LogP contribution in [0.2, 0.25) is 0 Å². The molecule has 0 heterocycles. The van der Waals surface area contributed by atoms with Gasteiger partial charge in [0, 0.05) is 19.3 Å². The van der Waals surface area contributed by atoms with Gasteiger partial charge in [-0.1, -0.05) is 43.7 Å².